The molecule has 13 heteroatoms. The molecule has 0 spiro atoms. The maximum absolute atomic E-state index is 13.0. The van der Waals surface area contributed by atoms with E-state index >= 15 is 0 Å². The minimum atomic E-state index is -5.07. The molecule has 0 amide bonds. The molecule has 0 radical (unpaired) electrons. The van der Waals surface area contributed by atoms with Crippen molar-refractivity contribution in [1.29, 1.82) is 0 Å². The number of rotatable bonds is 50. The fraction of sp³-hybridized carbons (Fsp3) is 0.780. The fourth-order valence-corrected chi connectivity index (χ4v) is 9.03. The van der Waals surface area contributed by atoms with Crippen molar-refractivity contribution in [2.75, 3.05) is 26.4 Å². The van der Waals surface area contributed by atoms with Crippen LogP contribution in [0.15, 0.2) is 72.9 Å². The van der Waals surface area contributed by atoms with Crippen molar-refractivity contribution in [3.8, 4) is 0 Å². The van der Waals surface area contributed by atoms with E-state index in [0.717, 1.165) is 77.0 Å². The Kier molecular flexibility index (Phi) is 46.4. The van der Waals surface area contributed by atoms with Crippen molar-refractivity contribution in [1.82, 2.24) is 0 Å². The Morgan fingerprint density at radius 1 is 0.542 bits per heavy atom. The molecule has 0 aromatic rings. The van der Waals surface area contributed by atoms with Gasteiger partial charge in [-0.2, -0.15) is 8.42 Å². The van der Waals surface area contributed by atoms with E-state index in [-0.39, 0.29) is 19.6 Å². The summed E-state index contributed by atoms with van der Waals surface area (Å²) in [5.41, 5.74) is 0. The third kappa shape index (κ3) is 41.8. The maximum Gasteiger partial charge on any atom is 0.397 e. The Bertz CT molecular complexity index is 1520. The molecule has 1 rings (SSSR count). The van der Waals surface area contributed by atoms with Gasteiger partial charge in [-0.1, -0.05) is 215 Å². The molecule has 1 heterocycles. The number of hydrogen-bond donors (Lipinski definition) is 4. The van der Waals surface area contributed by atoms with Gasteiger partial charge in [0.25, 0.3) is 0 Å². The van der Waals surface area contributed by atoms with Gasteiger partial charge < -0.3 is 34.3 Å². The highest BCUT2D eigenvalue weighted by Gasteiger charge is 2.48. The van der Waals surface area contributed by atoms with E-state index in [0.29, 0.717) is 13.0 Å². The van der Waals surface area contributed by atoms with Crippen molar-refractivity contribution in [2.24, 2.45) is 0 Å². The van der Waals surface area contributed by atoms with Crippen molar-refractivity contribution in [3.05, 3.63) is 72.9 Å². The summed E-state index contributed by atoms with van der Waals surface area (Å²) in [6.45, 7) is 3.88. The molecule has 6 atom stereocenters. The summed E-state index contributed by atoms with van der Waals surface area (Å²) in [6.07, 6.45) is 56.4. The minimum Gasteiger partial charge on any atom is -0.457 e. The summed E-state index contributed by atoms with van der Waals surface area (Å²) in [5, 5.41) is 30.8. The first-order valence-corrected chi connectivity index (χ1v) is 30.1. The minimum absolute atomic E-state index is 0.0298. The summed E-state index contributed by atoms with van der Waals surface area (Å²) in [5.74, 6) is -0.405. The number of allylic oxidation sites excluding steroid dienone is 12. The topological polar surface area (TPSA) is 178 Å². The van der Waals surface area contributed by atoms with E-state index in [1.165, 1.54) is 128 Å². The molecule has 12 nitrogen and oxygen atoms in total. The summed E-state index contributed by atoms with van der Waals surface area (Å²) >= 11 is 0. The summed E-state index contributed by atoms with van der Waals surface area (Å²) in [4.78, 5) is 13.0. The van der Waals surface area contributed by atoms with Crippen LogP contribution in [0, 0.1) is 0 Å². The average molecular weight is 1040 g/mol. The lowest BCUT2D eigenvalue weighted by atomic mass is 9.99. The lowest BCUT2D eigenvalue weighted by Crippen LogP contribution is -2.60. The van der Waals surface area contributed by atoms with Crippen LogP contribution in [0.3, 0.4) is 0 Å². The van der Waals surface area contributed by atoms with Gasteiger partial charge >= 0.3 is 16.4 Å². The van der Waals surface area contributed by atoms with Gasteiger partial charge in [-0.15, -0.1) is 0 Å². The number of carbonyl (C=O) groups excluding carboxylic acids is 1. The number of ether oxygens (including phenoxy) is 4. The maximum atomic E-state index is 13.0. The molecule has 0 aromatic carbocycles. The van der Waals surface area contributed by atoms with Crippen LogP contribution >= 0.6 is 0 Å². The zero-order valence-corrected chi connectivity index (χ0v) is 46.0. The molecule has 6 unspecified atom stereocenters. The smallest absolute Gasteiger partial charge is 0.397 e. The number of carbonyl (C=O) groups is 1. The van der Waals surface area contributed by atoms with Crippen LogP contribution in [0.4, 0.5) is 0 Å². The summed E-state index contributed by atoms with van der Waals surface area (Å²) < 4.78 is 59.4. The van der Waals surface area contributed by atoms with Crippen molar-refractivity contribution in [2.45, 2.75) is 269 Å². The molecule has 1 aliphatic heterocycles. The van der Waals surface area contributed by atoms with E-state index in [1.807, 2.05) is 0 Å². The van der Waals surface area contributed by atoms with Gasteiger partial charge in [-0.25, -0.2) is 4.18 Å². The Morgan fingerprint density at radius 3 is 1.40 bits per heavy atom. The predicted molar refractivity (Wildman–Crippen MR) is 294 cm³/mol. The monoisotopic (exact) mass is 1040 g/mol. The predicted octanol–water partition coefficient (Wildman–Crippen LogP) is 14.2. The normalized spacial score (nSPS) is 19.4. The van der Waals surface area contributed by atoms with Gasteiger partial charge in [0.05, 0.1) is 19.8 Å². The van der Waals surface area contributed by atoms with Gasteiger partial charge in [-0.3, -0.25) is 9.35 Å². The first kappa shape index (κ1) is 67.6. The molecular weight excluding hydrogens is 933 g/mol. The van der Waals surface area contributed by atoms with Crippen LogP contribution in [0.5, 0.6) is 0 Å². The first-order valence-electron chi connectivity index (χ1n) is 28.7. The van der Waals surface area contributed by atoms with E-state index < -0.39 is 59.8 Å². The Labute approximate surface area is 439 Å². The number of aliphatic hydroxyl groups is 3. The molecule has 0 aliphatic carbocycles. The molecule has 0 bridgehead atoms. The molecule has 1 fully saturated rings. The highest BCUT2D eigenvalue weighted by atomic mass is 32.3. The van der Waals surface area contributed by atoms with Gasteiger partial charge in [0, 0.05) is 13.0 Å². The Hall–Kier alpha value is -2.46. The third-order valence-electron chi connectivity index (χ3n) is 12.8. The first-order chi connectivity index (χ1) is 35.1. The van der Waals surface area contributed by atoms with Crippen molar-refractivity contribution in [3.63, 3.8) is 0 Å². The van der Waals surface area contributed by atoms with E-state index in [9.17, 15) is 33.1 Å². The van der Waals surface area contributed by atoms with Crippen LogP contribution in [0.25, 0.3) is 0 Å². The second kappa shape index (κ2) is 49.4. The zero-order chi connectivity index (χ0) is 52.4. The highest BCUT2D eigenvalue weighted by molar-refractivity contribution is 7.80. The zero-order valence-electron chi connectivity index (χ0n) is 45.2. The van der Waals surface area contributed by atoms with Crippen LogP contribution in [0.1, 0.15) is 232 Å². The van der Waals surface area contributed by atoms with Gasteiger partial charge in [0.2, 0.25) is 0 Å². The standard InChI is InChI=1S/C59H104O12S/c1-3-5-7-9-11-13-15-17-19-21-23-25-27-28-30-32-34-36-38-40-42-44-46-48-55(61)69-53(52-68-59-57(63)58(71-72(64,65)66)56(62)54(50-60)70-59)51-67-49-47-45-43-41-39-37-35-33-31-29-26-24-22-20-18-16-14-12-10-8-6-4-2/h5,7,11,13,16-19,22-25,53-54,56-60,62-63H,3-4,6,8-10,12,14-15,20-21,26-52H2,1-2H3,(H,64,65,66)/b7-5-,13-11-,18-16-,19-17-,24-22-,25-23-. The van der Waals surface area contributed by atoms with Crippen LogP contribution in [-0.4, -0.2) is 97.5 Å². The second-order valence-electron chi connectivity index (χ2n) is 19.5. The number of esters is 1. The van der Waals surface area contributed by atoms with Gasteiger partial charge in [0.15, 0.2) is 6.29 Å². The SMILES string of the molecule is CC/C=C\C/C=C\C/C=C\C/C=C\CCCCCCCCCCCCC(=O)OC(COCCCCCCCCCCCC/C=C\C/C=C\CCCCCCC)COC1OC(CO)C(O)C(OS(=O)(=O)O)C1O. The second-order valence-corrected chi connectivity index (χ2v) is 20.5. The third-order valence-corrected chi connectivity index (χ3v) is 13.3. The highest BCUT2D eigenvalue weighted by Crippen LogP contribution is 2.26. The van der Waals surface area contributed by atoms with E-state index in [1.54, 1.807) is 0 Å². The fourth-order valence-electron chi connectivity index (χ4n) is 8.52. The van der Waals surface area contributed by atoms with Crippen LogP contribution < -0.4 is 0 Å². The lowest BCUT2D eigenvalue weighted by Gasteiger charge is -2.41. The summed E-state index contributed by atoms with van der Waals surface area (Å²) in [6, 6.07) is 0. The molecule has 1 saturated heterocycles. The molecular formula is C59H104O12S. The lowest BCUT2D eigenvalue weighted by molar-refractivity contribution is -0.301. The molecule has 0 saturated carbocycles. The Balaban J connectivity index is 2.31. The van der Waals surface area contributed by atoms with Gasteiger partial charge in [0.1, 0.15) is 30.5 Å². The van der Waals surface area contributed by atoms with E-state index in [2.05, 4.69) is 90.9 Å². The van der Waals surface area contributed by atoms with Crippen molar-refractivity contribution < 1.29 is 56.2 Å². The molecule has 0 aromatic heterocycles. The van der Waals surface area contributed by atoms with Crippen molar-refractivity contribution >= 4 is 16.4 Å². The number of hydrogen-bond acceptors (Lipinski definition) is 11. The average Bonchev–Trinajstić information content (AvgIpc) is 3.36. The molecule has 1 aliphatic rings. The largest absolute Gasteiger partial charge is 0.457 e. The summed E-state index contributed by atoms with van der Waals surface area (Å²) in [7, 11) is -5.07. The van der Waals surface area contributed by atoms with Crippen LogP contribution in [0.2, 0.25) is 0 Å². The quantitative estimate of drug-likeness (QED) is 0.0196. The number of unbranched alkanes of at least 4 members (excludes halogenated alkanes) is 25. The number of aliphatic hydroxyl groups excluding tert-OH is 3. The van der Waals surface area contributed by atoms with Crippen LogP contribution in [-0.2, 0) is 38.3 Å². The van der Waals surface area contributed by atoms with E-state index in [4.69, 9.17) is 18.9 Å². The molecule has 418 valence electrons. The van der Waals surface area contributed by atoms with Gasteiger partial charge in [-0.05, 0) is 83.5 Å². The molecule has 4 N–H and O–H groups in total. The molecule has 72 heavy (non-hydrogen) atoms. The Morgan fingerprint density at radius 2 is 0.958 bits per heavy atom.